The number of benzene rings is 1. The molecule has 0 aliphatic carbocycles. The van der Waals surface area contributed by atoms with Crippen molar-refractivity contribution in [3.8, 4) is 0 Å². The average molecular weight is 379 g/mol. The van der Waals surface area contributed by atoms with E-state index in [9.17, 15) is 9.59 Å². The fourth-order valence-corrected chi connectivity index (χ4v) is 3.18. The third-order valence-electron chi connectivity index (χ3n) is 4.11. The molecule has 2 heterocycles. The molecule has 1 amide bonds. The van der Waals surface area contributed by atoms with E-state index in [0.717, 1.165) is 17.7 Å². The van der Waals surface area contributed by atoms with Crippen molar-refractivity contribution in [3.63, 3.8) is 0 Å². The molecule has 2 aromatic rings. The highest BCUT2D eigenvalue weighted by Gasteiger charge is 2.34. The second-order valence-electron chi connectivity index (χ2n) is 5.93. The van der Waals surface area contributed by atoms with Gasteiger partial charge in [-0.25, -0.2) is 9.78 Å². The third-order valence-corrected chi connectivity index (χ3v) is 4.79. The van der Waals surface area contributed by atoms with Gasteiger partial charge in [0, 0.05) is 17.9 Å². The van der Waals surface area contributed by atoms with E-state index in [-0.39, 0.29) is 27.7 Å². The number of hydrogen-bond donors (Lipinski definition) is 0. The summed E-state index contributed by atoms with van der Waals surface area (Å²) >= 11 is 11.6. The number of hydrogen-bond acceptors (Lipinski definition) is 4. The molecule has 0 saturated heterocycles. The van der Waals surface area contributed by atoms with Crippen LogP contribution in [0, 0.1) is 0 Å². The van der Waals surface area contributed by atoms with Crippen molar-refractivity contribution < 1.29 is 14.3 Å². The molecule has 1 aliphatic heterocycles. The molecule has 1 aromatic heterocycles. The van der Waals surface area contributed by atoms with E-state index in [1.807, 2.05) is 31.2 Å². The van der Waals surface area contributed by atoms with Crippen molar-refractivity contribution in [3.05, 3.63) is 57.8 Å². The number of aromatic nitrogens is 1. The zero-order valence-corrected chi connectivity index (χ0v) is 15.2. The van der Waals surface area contributed by atoms with Crippen LogP contribution in [0.1, 0.15) is 29.8 Å². The Morgan fingerprint density at radius 2 is 2.04 bits per heavy atom. The number of rotatable bonds is 3. The molecule has 5 nitrogen and oxygen atoms in total. The second-order valence-corrected chi connectivity index (χ2v) is 6.70. The Labute approximate surface area is 155 Å². The molecule has 25 heavy (non-hydrogen) atoms. The summed E-state index contributed by atoms with van der Waals surface area (Å²) in [5, 5.41) is 0.252. The summed E-state index contributed by atoms with van der Waals surface area (Å²) < 4.78 is 5.30. The van der Waals surface area contributed by atoms with Gasteiger partial charge in [0.15, 0.2) is 6.10 Å². The lowest BCUT2D eigenvalue weighted by Gasteiger charge is -2.25. The quantitative estimate of drug-likeness (QED) is 0.599. The smallest absolute Gasteiger partial charge is 0.340 e. The van der Waals surface area contributed by atoms with Crippen molar-refractivity contribution in [2.75, 3.05) is 4.90 Å². The highest BCUT2D eigenvalue weighted by molar-refractivity contribution is 6.41. The van der Waals surface area contributed by atoms with Crippen LogP contribution in [0.3, 0.4) is 0 Å². The fraction of sp³-hybridized carbons (Fsp3) is 0.278. The number of anilines is 1. The minimum Gasteiger partial charge on any atom is -0.449 e. The molecule has 0 N–H and O–H groups in total. The van der Waals surface area contributed by atoms with Gasteiger partial charge in [-0.15, -0.1) is 0 Å². The Kier molecular flexibility index (Phi) is 4.97. The molecule has 0 radical (unpaired) electrons. The SMILES string of the molecule is C[C@@H](OC(=O)c1cnc(Cl)c(Cl)c1)C(=O)N1c2ccccc2C[C@@H]1C. The first-order chi connectivity index (χ1) is 11.9. The average Bonchev–Trinajstić information content (AvgIpc) is 2.92. The molecule has 0 bridgehead atoms. The van der Waals surface area contributed by atoms with Crippen molar-refractivity contribution in [1.82, 2.24) is 4.98 Å². The summed E-state index contributed by atoms with van der Waals surface area (Å²) in [5.41, 5.74) is 2.11. The normalized spacial score (nSPS) is 17.1. The molecular weight excluding hydrogens is 363 g/mol. The molecule has 2 atom stereocenters. The topological polar surface area (TPSA) is 59.5 Å². The zero-order valence-electron chi connectivity index (χ0n) is 13.7. The van der Waals surface area contributed by atoms with Gasteiger partial charge >= 0.3 is 5.97 Å². The maximum atomic E-state index is 12.8. The monoisotopic (exact) mass is 378 g/mol. The number of pyridine rings is 1. The number of nitrogens with zero attached hydrogens (tertiary/aromatic N) is 2. The lowest BCUT2D eigenvalue weighted by atomic mass is 10.1. The van der Waals surface area contributed by atoms with Crippen LogP contribution in [0.25, 0.3) is 0 Å². The second kappa shape index (κ2) is 7.02. The van der Waals surface area contributed by atoms with Crippen LogP contribution in [0.15, 0.2) is 36.5 Å². The van der Waals surface area contributed by atoms with Crippen LogP contribution in [0.5, 0.6) is 0 Å². The first-order valence-electron chi connectivity index (χ1n) is 7.81. The number of fused-ring (bicyclic) bond motifs is 1. The van der Waals surface area contributed by atoms with Crippen LogP contribution in [0.2, 0.25) is 10.2 Å². The van der Waals surface area contributed by atoms with E-state index < -0.39 is 12.1 Å². The van der Waals surface area contributed by atoms with E-state index in [1.54, 1.807) is 11.8 Å². The summed E-state index contributed by atoms with van der Waals surface area (Å²) in [5.74, 6) is -0.939. The standard InChI is InChI=1S/C18H16Cl2N2O3/c1-10-7-12-5-3-4-6-15(12)22(10)17(23)11(2)25-18(24)13-8-14(19)16(20)21-9-13/h3-6,8-11H,7H2,1-2H3/t10-,11+/m0/s1. The Balaban J connectivity index is 1.75. The first-order valence-corrected chi connectivity index (χ1v) is 8.57. The van der Waals surface area contributed by atoms with Gasteiger partial charge in [0.1, 0.15) is 5.15 Å². The first kappa shape index (κ1) is 17.7. The summed E-state index contributed by atoms with van der Waals surface area (Å²) in [4.78, 5) is 30.5. The van der Waals surface area contributed by atoms with Crippen LogP contribution >= 0.6 is 23.2 Å². The molecule has 0 spiro atoms. The van der Waals surface area contributed by atoms with E-state index in [2.05, 4.69) is 4.98 Å². The van der Waals surface area contributed by atoms with E-state index in [0.29, 0.717) is 0 Å². The molecule has 0 unspecified atom stereocenters. The number of amides is 1. The van der Waals surface area contributed by atoms with Gasteiger partial charge in [0.05, 0.1) is 10.6 Å². The van der Waals surface area contributed by atoms with Gasteiger partial charge in [0.2, 0.25) is 0 Å². The van der Waals surface area contributed by atoms with Gasteiger partial charge in [0.25, 0.3) is 5.91 Å². The highest BCUT2D eigenvalue weighted by atomic mass is 35.5. The molecule has 0 saturated carbocycles. The molecule has 0 fully saturated rings. The molecule has 7 heteroatoms. The highest BCUT2D eigenvalue weighted by Crippen LogP contribution is 2.32. The van der Waals surface area contributed by atoms with Crippen molar-refractivity contribution >= 4 is 40.8 Å². The maximum Gasteiger partial charge on any atom is 0.340 e. The van der Waals surface area contributed by atoms with Gasteiger partial charge in [-0.3, -0.25) is 4.79 Å². The van der Waals surface area contributed by atoms with E-state index >= 15 is 0 Å². The van der Waals surface area contributed by atoms with E-state index in [1.165, 1.54) is 12.3 Å². The predicted octanol–water partition coefficient (Wildman–Crippen LogP) is 3.91. The summed E-state index contributed by atoms with van der Waals surface area (Å²) in [6.45, 7) is 3.52. The molecule has 1 aromatic carbocycles. The Hall–Kier alpha value is -2.11. The fourth-order valence-electron chi connectivity index (χ4n) is 2.91. The number of carbonyl (C=O) groups excluding carboxylic acids is 2. The number of carbonyl (C=O) groups is 2. The van der Waals surface area contributed by atoms with Crippen LogP contribution in [-0.4, -0.2) is 29.0 Å². The van der Waals surface area contributed by atoms with Crippen molar-refractivity contribution in [2.45, 2.75) is 32.4 Å². The molecule has 3 rings (SSSR count). The Bertz CT molecular complexity index is 841. The lowest BCUT2D eigenvalue weighted by molar-refractivity contribution is -0.126. The largest absolute Gasteiger partial charge is 0.449 e. The number of esters is 1. The summed E-state index contributed by atoms with van der Waals surface area (Å²) in [7, 11) is 0. The number of para-hydroxylation sites is 1. The van der Waals surface area contributed by atoms with Gasteiger partial charge in [-0.1, -0.05) is 41.4 Å². The Morgan fingerprint density at radius 1 is 1.32 bits per heavy atom. The predicted molar refractivity (Wildman–Crippen MR) is 96.2 cm³/mol. The van der Waals surface area contributed by atoms with Gasteiger partial charge in [-0.05, 0) is 38.0 Å². The van der Waals surface area contributed by atoms with Gasteiger partial charge in [-0.2, -0.15) is 0 Å². The van der Waals surface area contributed by atoms with Crippen molar-refractivity contribution in [2.24, 2.45) is 0 Å². The van der Waals surface area contributed by atoms with Crippen LogP contribution < -0.4 is 4.90 Å². The Morgan fingerprint density at radius 3 is 2.76 bits per heavy atom. The minimum atomic E-state index is -0.935. The van der Waals surface area contributed by atoms with Crippen molar-refractivity contribution in [1.29, 1.82) is 0 Å². The number of halogens is 2. The van der Waals surface area contributed by atoms with Crippen LogP contribution in [-0.2, 0) is 16.0 Å². The zero-order chi connectivity index (χ0) is 18.1. The number of ether oxygens (including phenoxy) is 1. The third kappa shape index (κ3) is 3.48. The maximum absolute atomic E-state index is 12.8. The van der Waals surface area contributed by atoms with E-state index in [4.69, 9.17) is 27.9 Å². The molecular formula is C18H16Cl2N2O3. The summed E-state index contributed by atoms with van der Waals surface area (Å²) in [6.07, 6.45) is 1.11. The van der Waals surface area contributed by atoms with Gasteiger partial charge < -0.3 is 9.64 Å². The minimum absolute atomic E-state index is 0.0118. The summed E-state index contributed by atoms with van der Waals surface area (Å²) in [6, 6.07) is 9.10. The molecule has 130 valence electrons. The molecule has 1 aliphatic rings. The van der Waals surface area contributed by atoms with Crippen LogP contribution in [0.4, 0.5) is 5.69 Å². The lowest BCUT2D eigenvalue weighted by Crippen LogP contribution is -2.43.